The zero-order valence-electron chi connectivity index (χ0n) is 11.4. The maximum atomic E-state index is 12.3. The maximum absolute atomic E-state index is 12.3. The number of carbonyl (C=O) groups excluding carboxylic acids is 1. The summed E-state index contributed by atoms with van der Waals surface area (Å²) < 4.78 is 0. The number of hydrogen-bond acceptors (Lipinski definition) is 5. The van der Waals surface area contributed by atoms with E-state index < -0.39 is 0 Å². The molecule has 2 aromatic heterocycles. The van der Waals surface area contributed by atoms with Crippen LogP contribution in [0.1, 0.15) is 42.3 Å². The third-order valence-corrected chi connectivity index (χ3v) is 5.02. The van der Waals surface area contributed by atoms with Gasteiger partial charge in [0.25, 0.3) is 5.91 Å². The van der Waals surface area contributed by atoms with Crippen LogP contribution in [0.2, 0.25) is 0 Å². The van der Waals surface area contributed by atoms with Crippen LogP contribution in [0.4, 0.5) is 5.69 Å². The van der Waals surface area contributed by atoms with Crippen molar-refractivity contribution in [2.75, 3.05) is 5.73 Å². The van der Waals surface area contributed by atoms with Crippen molar-refractivity contribution in [2.24, 2.45) is 5.92 Å². The summed E-state index contributed by atoms with van der Waals surface area (Å²) in [6.07, 6.45) is 7.66. The SMILES string of the molecule is CC1CCC(NC(=O)c2sc3nccnc3c2N)CC1. The van der Waals surface area contributed by atoms with Gasteiger partial charge < -0.3 is 11.1 Å². The lowest BCUT2D eigenvalue weighted by Gasteiger charge is -2.26. The lowest BCUT2D eigenvalue weighted by molar-refractivity contribution is 0.0928. The van der Waals surface area contributed by atoms with Crippen LogP contribution in [-0.2, 0) is 0 Å². The van der Waals surface area contributed by atoms with Crippen molar-refractivity contribution in [1.29, 1.82) is 0 Å². The number of rotatable bonds is 2. The first-order valence-electron chi connectivity index (χ1n) is 6.95. The van der Waals surface area contributed by atoms with Crippen LogP contribution in [-0.4, -0.2) is 21.9 Å². The van der Waals surface area contributed by atoms with Crippen molar-refractivity contribution >= 4 is 33.3 Å². The van der Waals surface area contributed by atoms with Gasteiger partial charge in [0.05, 0.1) is 5.69 Å². The number of aromatic nitrogens is 2. The predicted octanol–water partition coefficient (Wildman–Crippen LogP) is 2.58. The molecule has 0 bridgehead atoms. The Morgan fingerprint density at radius 2 is 2.00 bits per heavy atom. The Hall–Kier alpha value is -1.69. The summed E-state index contributed by atoms with van der Waals surface area (Å²) in [5, 5.41) is 3.09. The molecule has 1 aliphatic carbocycles. The lowest BCUT2D eigenvalue weighted by Crippen LogP contribution is -2.37. The van der Waals surface area contributed by atoms with Crippen molar-refractivity contribution in [3.05, 3.63) is 17.3 Å². The number of anilines is 1. The molecule has 0 aromatic carbocycles. The number of nitrogens with two attached hydrogens (primary N) is 1. The zero-order chi connectivity index (χ0) is 14.1. The first-order chi connectivity index (χ1) is 9.65. The van der Waals surface area contributed by atoms with Crippen molar-refractivity contribution in [1.82, 2.24) is 15.3 Å². The number of thiophene rings is 1. The van der Waals surface area contributed by atoms with E-state index in [1.165, 1.54) is 24.2 Å². The van der Waals surface area contributed by atoms with E-state index in [0.29, 0.717) is 20.9 Å². The molecule has 5 nitrogen and oxygen atoms in total. The minimum absolute atomic E-state index is 0.0909. The third kappa shape index (κ3) is 2.47. The number of nitrogen functional groups attached to an aromatic ring is 1. The molecule has 106 valence electrons. The second-order valence-corrected chi connectivity index (χ2v) is 6.48. The average molecular weight is 290 g/mol. The Morgan fingerprint density at radius 1 is 1.30 bits per heavy atom. The van der Waals surface area contributed by atoms with Crippen LogP contribution in [0.15, 0.2) is 12.4 Å². The van der Waals surface area contributed by atoms with Gasteiger partial charge in [-0.2, -0.15) is 0 Å². The molecule has 0 aliphatic heterocycles. The number of amides is 1. The van der Waals surface area contributed by atoms with E-state index in [2.05, 4.69) is 22.2 Å². The summed E-state index contributed by atoms with van der Waals surface area (Å²) in [4.78, 5) is 22.0. The fourth-order valence-corrected chi connectivity index (χ4v) is 3.59. The molecule has 1 saturated carbocycles. The Bertz CT molecular complexity index is 631. The normalized spacial score (nSPS) is 22.9. The number of fused-ring (bicyclic) bond motifs is 1. The minimum atomic E-state index is -0.0909. The Kier molecular flexibility index (Phi) is 3.56. The molecular weight excluding hydrogens is 272 g/mol. The fraction of sp³-hybridized carbons (Fsp3) is 0.500. The monoisotopic (exact) mass is 290 g/mol. The van der Waals surface area contributed by atoms with E-state index in [1.54, 1.807) is 12.4 Å². The minimum Gasteiger partial charge on any atom is -0.396 e. The highest BCUT2D eigenvalue weighted by Gasteiger charge is 2.23. The summed E-state index contributed by atoms with van der Waals surface area (Å²) in [6, 6.07) is 0.268. The smallest absolute Gasteiger partial charge is 0.263 e. The van der Waals surface area contributed by atoms with E-state index in [4.69, 9.17) is 5.73 Å². The van der Waals surface area contributed by atoms with Gasteiger partial charge in [0, 0.05) is 18.4 Å². The zero-order valence-corrected chi connectivity index (χ0v) is 12.2. The highest BCUT2D eigenvalue weighted by atomic mass is 32.1. The van der Waals surface area contributed by atoms with Crippen LogP contribution in [0.25, 0.3) is 10.3 Å². The number of carbonyl (C=O) groups is 1. The second-order valence-electron chi connectivity index (χ2n) is 5.49. The molecule has 0 radical (unpaired) electrons. The summed E-state index contributed by atoms with van der Waals surface area (Å²) in [5.74, 6) is 0.679. The van der Waals surface area contributed by atoms with Crippen LogP contribution in [0.5, 0.6) is 0 Å². The van der Waals surface area contributed by atoms with Crippen molar-refractivity contribution < 1.29 is 4.79 Å². The molecule has 1 amide bonds. The van der Waals surface area contributed by atoms with E-state index in [-0.39, 0.29) is 11.9 Å². The molecular formula is C14H18N4OS. The number of hydrogen-bond donors (Lipinski definition) is 2. The molecule has 0 saturated heterocycles. The highest BCUT2D eigenvalue weighted by molar-refractivity contribution is 7.21. The molecule has 3 N–H and O–H groups in total. The van der Waals surface area contributed by atoms with Gasteiger partial charge >= 0.3 is 0 Å². The molecule has 1 aliphatic rings. The summed E-state index contributed by atoms with van der Waals surface area (Å²) in [6.45, 7) is 2.26. The van der Waals surface area contributed by atoms with E-state index in [0.717, 1.165) is 18.8 Å². The first kappa shape index (κ1) is 13.3. The average Bonchev–Trinajstić information content (AvgIpc) is 2.79. The molecule has 3 rings (SSSR count). The van der Waals surface area contributed by atoms with Crippen LogP contribution >= 0.6 is 11.3 Å². The molecule has 2 heterocycles. The van der Waals surface area contributed by atoms with E-state index in [1.807, 2.05) is 0 Å². The third-order valence-electron chi connectivity index (χ3n) is 3.92. The van der Waals surface area contributed by atoms with E-state index in [9.17, 15) is 4.79 Å². The van der Waals surface area contributed by atoms with Crippen molar-refractivity contribution in [2.45, 2.75) is 38.6 Å². The van der Waals surface area contributed by atoms with Gasteiger partial charge in [-0.25, -0.2) is 9.97 Å². The topological polar surface area (TPSA) is 80.9 Å². The molecule has 20 heavy (non-hydrogen) atoms. The maximum Gasteiger partial charge on any atom is 0.263 e. The molecule has 0 unspecified atom stereocenters. The van der Waals surface area contributed by atoms with Crippen LogP contribution in [0, 0.1) is 5.92 Å². The fourth-order valence-electron chi connectivity index (χ4n) is 2.67. The van der Waals surface area contributed by atoms with Gasteiger partial charge in [-0.3, -0.25) is 4.79 Å². The predicted molar refractivity (Wildman–Crippen MR) is 80.7 cm³/mol. The quantitative estimate of drug-likeness (QED) is 0.890. The van der Waals surface area contributed by atoms with Crippen molar-refractivity contribution in [3.8, 4) is 0 Å². The van der Waals surface area contributed by atoms with Gasteiger partial charge in [0.1, 0.15) is 15.2 Å². The molecule has 2 aromatic rings. The number of nitrogens with zero attached hydrogens (tertiary/aromatic N) is 2. The summed E-state index contributed by atoms with van der Waals surface area (Å²) in [5.41, 5.74) is 7.08. The van der Waals surface area contributed by atoms with Gasteiger partial charge in [-0.1, -0.05) is 6.92 Å². The van der Waals surface area contributed by atoms with Gasteiger partial charge in [-0.15, -0.1) is 11.3 Å². The summed E-state index contributed by atoms with van der Waals surface area (Å²) >= 11 is 1.31. The van der Waals surface area contributed by atoms with E-state index >= 15 is 0 Å². The Balaban J connectivity index is 1.77. The summed E-state index contributed by atoms with van der Waals surface area (Å²) in [7, 11) is 0. The Labute approximate surface area is 121 Å². The van der Waals surface area contributed by atoms with Crippen LogP contribution < -0.4 is 11.1 Å². The van der Waals surface area contributed by atoms with Gasteiger partial charge in [-0.05, 0) is 31.6 Å². The highest BCUT2D eigenvalue weighted by Crippen LogP contribution is 2.31. The molecule has 0 atom stereocenters. The molecule has 0 spiro atoms. The van der Waals surface area contributed by atoms with Gasteiger partial charge in [0.15, 0.2) is 0 Å². The van der Waals surface area contributed by atoms with Gasteiger partial charge in [0.2, 0.25) is 0 Å². The first-order valence-corrected chi connectivity index (χ1v) is 7.76. The van der Waals surface area contributed by atoms with Crippen LogP contribution in [0.3, 0.4) is 0 Å². The van der Waals surface area contributed by atoms with Crippen molar-refractivity contribution in [3.63, 3.8) is 0 Å². The Morgan fingerprint density at radius 3 is 2.70 bits per heavy atom. The number of nitrogens with one attached hydrogen (secondary N) is 1. The largest absolute Gasteiger partial charge is 0.396 e. The molecule has 6 heteroatoms. The standard InChI is InChI=1S/C14H18N4OS/c1-8-2-4-9(5-3-8)18-13(19)12-10(15)11-14(20-12)17-7-6-16-11/h6-9H,2-5,15H2,1H3,(H,18,19). The molecule has 1 fully saturated rings. The lowest BCUT2D eigenvalue weighted by atomic mass is 9.87. The second kappa shape index (κ2) is 5.36.